The minimum atomic E-state index is -0.750. The van der Waals surface area contributed by atoms with Crippen LogP contribution >= 0.6 is 0 Å². The summed E-state index contributed by atoms with van der Waals surface area (Å²) in [6.07, 6.45) is 0.930. The smallest absolute Gasteiger partial charge is 0.418 e. The Hall–Kier alpha value is -3.35. The number of benzene rings is 2. The molecule has 0 saturated carbocycles. The van der Waals surface area contributed by atoms with E-state index in [0.717, 1.165) is 16.0 Å². The molecule has 2 aromatic carbocycles. The molecule has 164 valence electrons. The van der Waals surface area contributed by atoms with E-state index < -0.39 is 23.6 Å². The summed E-state index contributed by atoms with van der Waals surface area (Å²) >= 11 is 0. The number of carbonyl (C=O) groups excluding carboxylic acids is 2. The maximum atomic E-state index is 13.1. The third-order valence-corrected chi connectivity index (χ3v) is 4.64. The summed E-state index contributed by atoms with van der Waals surface area (Å²) in [5, 5.41) is 0. The predicted octanol–water partition coefficient (Wildman–Crippen LogP) is 4.62. The molecule has 0 radical (unpaired) electrons. The molecule has 0 bridgehead atoms. The van der Waals surface area contributed by atoms with Gasteiger partial charge in [0.1, 0.15) is 35.6 Å². The molecule has 0 aliphatic carbocycles. The number of hydrogen-bond acceptors (Lipinski definition) is 5. The third kappa shape index (κ3) is 5.84. The number of nitrogens with zero attached hydrogens (tertiary/aromatic N) is 1. The van der Waals surface area contributed by atoms with Gasteiger partial charge in [-0.15, -0.1) is 0 Å². The highest BCUT2D eigenvalue weighted by Crippen LogP contribution is 2.28. The minimum Gasteiger partial charge on any atom is -0.497 e. The molecule has 2 amide bonds. The number of rotatable bonds is 6. The zero-order chi connectivity index (χ0) is 22.6. The first-order valence-corrected chi connectivity index (χ1v) is 9.94. The van der Waals surface area contributed by atoms with Gasteiger partial charge in [0, 0.05) is 12.5 Å². The lowest BCUT2D eigenvalue weighted by Crippen LogP contribution is -2.44. The van der Waals surface area contributed by atoms with Crippen LogP contribution in [0.2, 0.25) is 0 Å². The Morgan fingerprint density at radius 2 is 1.65 bits per heavy atom. The molecule has 0 aromatic heterocycles. The summed E-state index contributed by atoms with van der Waals surface area (Å²) in [7, 11) is 1.58. The van der Waals surface area contributed by atoms with E-state index in [4.69, 9.17) is 14.2 Å². The van der Waals surface area contributed by atoms with Crippen LogP contribution in [0.3, 0.4) is 0 Å². The van der Waals surface area contributed by atoms with E-state index in [9.17, 15) is 14.0 Å². The van der Waals surface area contributed by atoms with Crippen molar-refractivity contribution in [2.75, 3.05) is 7.11 Å². The summed E-state index contributed by atoms with van der Waals surface area (Å²) in [6, 6.07) is 12.6. The average Bonchev–Trinajstić information content (AvgIpc) is 3.02. The van der Waals surface area contributed by atoms with E-state index in [1.807, 2.05) is 24.3 Å². The Bertz CT molecular complexity index is 961. The van der Waals surface area contributed by atoms with Gasteiger partial charge in [-0.25, -0.2) is 14.1 Å². The molecule has 0 saturated heterocycles. The first-order valence-electron chi connectivity index (χ1n) is 9.94. The monoisotopic (exact) mass is 427 g/mol. The van der Waals surface area contributed by atoms with Crippen LogP contribution in [0, 0.1) is 5.82 Å². The number of halogens is 1. The number of amides is 2. The molecule has 7 heteroatoms. The van der Waals surface area contributed by atoms with Gasteiger partial charge in [-0.05, 0) is 56.2 Å². The fraction of sp³-hybridized carbons (Fsp3) is 0.333. The molecular formula is C24H26FNO5. The van der Waals surface area contributed by atoms with Gasteiger partial charge in [0.2, 0.25) is 0 Å². The standard InChI is InChI=1S/C24H26FNO5/c1-24(2,3)31-23(28)26-20(13-16-7-11-19(29-4)12-8-16)21(14-22(26)27)30-15-17-5-9-18(25)10-6-17/h5-12,14,20H,13,15H2,1-4H3/t20-/m0/s1. The quantitative estimate of drug-likeness (QED) is 0.673. The van der Waals surface area contributed by atoms with Gasteiger partial charge < -0.3 is 14.2 Å². The number of imide groups is 1. The zero-order valence-corrected chi connectivity index (χ0v) is 18.1. The zero-order valence-electron chi connectivity index (χ0n) is 18.1. The van der Waals surface area contributed by atoms with Crippen LogP contribution in [0.4, 0.5) is 9.18 Å². The maximum absolute atomic E-state index is 13.1. The Balaban J connectivity index is 1.82. The molecule has 1 aliphatic heterocycles. The molecule has 0 unspecified atom stereocenters. The van der Waals surface area contributed by atoms with Crippen molar-refractivity contribution in [3.63, 3.8) is 0 Å². The summed E-state index contributed by atoms with van der Waals surface area (Å²) in [6.45, 7) is 5.36. The second kappa shape index (κ2) is 9.20. The Labute approximate surface area is 181 Å². The van der Waals surface area contributed by atoms with Gasteiger partial charge in [0.05, 0.1) is 7.11 Å². The van der Waals surface area contributed by atoms with Crippen molar-refractivity contribution in [3.05, 3.63) is 77.3 Å². The van der Waals surface area contributed by atoms with Crippen LogP contribution in [0.5, 0.6) is 5.75 Å². The van der Waals surface area contributed by atoms with Crippen molar-refractivity contribution in [2.24, 2.45) is 0 Å². The van der Waals surface area contributed by atoms with E-state index in [-0.39, 0.29) is 12.4 Å². The molecule has 31 heavy (non-hydrogen) atoms. The fourth-order valence-electron chi connectivity index (χ4n) is 3.16. The minimum absolute atomic E-state index is 0.140. The number of methoxy groups -OCH3 is 1. The molecular weight excluding hydrogens is 401 g/mol. The van der Waals surface area contributed by atoms with E-state index in [2.05, 4.69) is 0 Å². The molecule has 1 atom stereocenters. The van der Waals surface area contributed by atoms with Crippen LogP contribution in [-0.2, 0) is 27.3 Å². The number of hydrogen-bond donors (Lipinski definition) is 0. The van der Waals surface area contributed by atoms with Crippen molar-refractivity contribution in [2.45, 2.75) is 45.4 Å². The molecule has 1 heterocycles. The predicted molar refractivity (Wildman–Crippen MR) is 113 cm³/mol. The van der Waals surface area contributed by atoms with Crippen LogP contribution in [0.15, 0.2) is 60.4 Å². The largest absolute Gasteiger partial charge is 0.497 e. The van der Waals surface area contributed by atoms with Crippen molar-refractivity contribution in [1.82, 2.24) is 4.90 Å². The number of ether oxygens (including phenoxy) is 3. The third-order valence-electron chi connectivity index (χ3n) is 4.64. The summed E-state index contributed by atoms with van der Waals surface area (Å²) in [5.74, 6) is 0.226. The number of carbonyl (C=O) groups is 2. The highest BCUT2D eigenvalue weighted by atomic mass is 19.1. The lowest BCUT2D eigenvalue weighted by Gasteiger charge is -2.28. The Morgan fingerprint density at radius 1 is 1.03 bits per heavy atom. The molecule has 6 nitrogen and oxygen atoms in total. The molecule has 3 rings (SSSR count). The summed E-state index contributed by atoms with van der Waals surface area (Å²) in [5.41, 5.74) is 0.888. The SMILES string of the molecule is COc1ccc(C[C@H]2C(OCc3ccc(F)cc3)=CC(=O)N2C(=O)OC(C)(C)C)cc1. The van der Waals surface area contributed by atoms with E-state index in [1.165, 1.54) is 18.2 Å². The van der Waals surface area contributed by atoms with Gasteiger partial charge in [-0.2, -0.15) is 0 Å². The maximum Gasteiger partial charge on any atom is 0.418 e. The van der Waals surface area contributed by atoms with Crippen molar-refractivity contribution in [1.29, 1.82) is 0 Å². The molecule has 1 aliphatic rings. The van der Waals surface area contributed by atoms with Gasteiger partial charge in [0.15, 0.2) is 0 Å². The lowest BCUT2D eigenvalue weighted by molar-refractivity contribution is -0.125. The topological polar surface area (TPSA) is 65.1 Å². The lowest BCUT2D eigenvalue weighted by atomic mass is 10.0. The van der Waals surface area contributed by atoms with Crippen molar-refractivity contribution >= 4 is 12.0 Å². The van der Waals surface area contributed by atoms with E-state index in [0.29, 0.717) is 17.9 Å². The van der Waals surface area contributed by atoms with Crippen LogP contribution in [0.25, 0.3) is 0 Å². The molecule has 0 N–H and O–H groups in total. The summed E-state index contributed by atoms with van der Waals surface area (Å²) in [4.78, 5) is 26.5. The highest BCUT2D eigenvalue weighted by Gasteiger charge is 2.41. The molecule has 0 spiro atoms. The van der Waals surface area contributed by atoms with Gasteiger partial charge in [0.25, 0.3) is 5.91 Å². The first kappa shape index (κ1) is 22.3. The van der Waals surface area contributed by atoms with Crippen molar-refractivity contribution in [3.8, 4) is 5.75 Å². The van der Waals surface area contributed by atoms with Gasteiger partial charge in [-0.3, -0.25) is 4.79 Å². The first-order chi connectivity index (χ1) is 14.7. The second-order valence-corrected chi connectivity index (χ2v) is 8.22. The van der Waals surface area contributed by atoms with Crippen LogP contribution < -0.4 is 4.74 Å². The fourth-order valence-corrected chi connectivity index (χ4v) is 3.16. The van der Waals surface area contributed by atoms with Gasteiger partial charge >= 0.3 is 6.09 Å². The average molecular weight is 427 g/mol. The second-order valence-electron chi connectivity index (χ2n) is 8.22. The van der Waals surface area contributed by atoms with E-state index in [1.54, 1.807) is 40.0 Å². The Kier molecular flexibility index (Phi) is 6.63. The normalized spacial score (nSPS) is 16.2. The Morgan fingerprint density at radius 3 is 2.23 bits per heavy atom. The molecule has 2 aromatic rings. The van der Waals surface area contributed by atoms with Gasteiger partial charge in [-0.1, -0.05) is 24.3 Å². The van der Waals surface area contributed by atoms with Crippen LogP contribution in [-0.4, -0.2) is 35.7 Å². The molecule has 0 fully saturated rings. The van der Waals surface area contributed by atoms with Crippen molar-refractivity contribution < 1.29 is 28.2 Å². The summed E-state index contributed by atoms with van der Waals surface area (Å²) < 4.78 is 29.7. The van der Waals surface area contributed by atoms with E-state index >= 15 is 0 Å². The highest BCUT2D eigenvalue weighted by molar-refractivity contribution is 6.02. The van der Waals surface area contributed by atoms with Crippen LogP contribution in [0.1, 0.15) is 31.9 Å².